The molecule has 0 bridgehead atoms. The summed E-state index contributed by atoms with van der Waals surface area (Å²) in [6, 6.07) is 2.09. The van der Waals surface area contributed by atoms with E-state index in [2.05, 4.69) is 17.3 Å². The minimum atomic E-state index is 0.167. The Labute approximate surface area is 112 Å². The van der Waals surface area contributed by atoms with Gasteiger partial charge in [-0.2, -0.15) is 5.10 Å². The van der Waals surface area contributed by atoms with Crippen molar-refractivity contribution in [1.82, 2.24) is 15.1 Å². The standard InChI is InChI=1S/C13H18ClN3O/c1-3-5-15-12(11-4-6-18-13(11)14)7-10-8-16-17(2)9-10/h4,6,8-9,12,15H,3,5,7H2,1-2H3. The van der Waals surface area contributed by atoms with Crippen LogP contribution in [0.4, 0.5) is 0 Å². The predicted octanol–water partition coefficient (Wildman–Crippen LogP) is 2.95. The molecule has 0 saturated heterocycles. The van der Waals surface area contributed by atoms with Gasteiger partial charge >= 0.3 is 0 Å². The summed E-state index contributed by atoms with van der Waals surface area (Å²) in [6.45, 7) is 3.09. The molecule has 0 aromatic carbocycles. The zero-order chi connectivity index (χ0) is 13.0. The third kappa shape index (κ3) is 3.15. The van der Waals surface area contributed by atoms with E-state index in [1.165, 1.54) is 5.56 Å². The average molecular weight is 268 g/mol. The maximum Gasteiger partial charge on any atom is 0.197 e. The third-order valence-corrected chi connectivity index (χ3v) is 3.17. The van der Waals surface area contributed by atoms with Gasteiger partial charge in [0.05, 0.1) is 12.5 Å². The number of furan rings is 1. The first-order chi connectivity index (χ1) is 8.70. The molecule has 2 heterocycles. The molecule has 0 spiro atoms. The molecule has 2 aromatic rings. The van der Waals surface area contributed by atoms with E-state index in [9.17, 15) is 0 Å². The average Bonchev–Trinajstić information content (AvgIpc) is 2.93. The van der Waals surface area contributed by atoms with Crippen LogP contribution in [0.1, 0.15) is 30.5 Å². The van der Waals surface area contributed by atoms with Crippen LogP contribution in [0, 0.1) is 0 Å². The fourth-order valence-corrected chi connectivity index (χ4v) is 2.22. The number of rotatable bonds is 6. The maximum atomic E-state index is 6.06. The molecule has 18 heavy (non-hydrogen) atoms. The first-order valence-electron chi connectivity index (χ1n) is 6.14. The minimum absolute atomic E-state index is 0.167. The van der Waals surface area contributed by atoms with Crippen LogP contribution in [0.5, 0.6) is 0 Å². The molecule has 0 aliphatic heterocycles. The second-order valence-electron chi connectivity index (χ2n) is 4.38. The van der Waals surface area contributed by atoms with Gasteiger partial charge in [-0.1, -0.05) is 6.92 Å². The maximum absolute atomic E-state index is 6.06. The molecule has 0 radical (unpaired) electrons. The third-order valence-electron chi connectivity index (χ3n) is 2.86. The molecule has 1 N–H and O–H groups in total. The molecular formula is C13H18ClN3O. The highest BCUT2D eigenvalue weighted by atomic mass is 35.5. The predicted molar refractivity (Wildman–Crippen MR) is 71.7 cm³/mol. The Hall–Kier alpha value is -1.26. The fourth-order valence-electron chi connectivity index (χ4n) is 1.98. The number of hydrogen-bond acceptors (Lipinski definition) is 3. The number of nitrogens with zero attached hydrogens (tertiary/aromatic N) is 2. The molecule has 0 aliphatic rings. The van der Waals surface area contributed by atoms with Gasteiger partial charge in [-0.15, -0.1) is 0 Å². The number of aromatic nitrogens is 2. The summed E-state index contributed by atoms with van der Waals surface area (Å²) in [6.07, 6.45) is 7.47. The zero-order valence-corrected chi connectivity index (χ0v) is 11.4. The van der Waals surface area contributed by atoms with Crippen LogP contribution in [-0.4, -0.2) is 16.3 Å². The van der Waals surface area contributed by atoms with E-state index in [0.29, 0.717) is 5.22 Å². The Kier molecular flexibility index (Phi) is 4.44. The highest BCUT2D eigenvalue weighted by Crippen LogP contribution is 2.26. The van der Waals surface area contributed by atoms with Gasteiger partial charge in [0.2, 0.25) is 0 Å². The van der Waals surface area contributed by atoms with Gasteiger partial charge in [-0.25, -0.2) is 0 Å². The molecule has 0 amide bonds. The van der Waals surface area contributed by atoms with E-state index in [0.717, 1.165) is 24.9 Å². The van der Waals surface area contributed by atoms with Crippen molar-refractivity contribution < 1.29 is 4.42 Å². The molecule has 98 valence electrons. The summed E-state index contributed by atoms with van der Waals surface area (Å²) in [7, 11) is 1.92. The largest absolute Gasteiger partial charge is 0.453 e. The topological polar surface area (TPSA) is 43.0 Å². The van der Waals surface area contributed by atoms with Crippen molar-refractivity contribution in [3.63, 3.8) is 0 Å². The van der Waals surface area contributed by atoms with Crippen molar-refractivity contribution in [3.05, 3.63) is 41.1 Å². The van der Waals surface area contributed by atoms with Gasteiger partial charge in [0.25, 0.3) is 0 Å². The first-order valence-corrected chi connectivity index (χ1v) is 6.52. The van der Waals surface area contributed by atoms with Crippen LogP contribution >= 0.6 is 11.6 Å². The van der Waals surface area contributed by atoms with E-state index in [1.54, 1.807) is 6.26 Å². The van der Waals surface area contributed by atoms with Gasteiger partial charge in [0.15, 0.2) is 5.22 Å². The Morgan fingerprint density at radius 3 is 2.94 bits per heavy atom. The summed E-state index contributed by atoms with van der Waals surface area (Å²) in [5.74, 6) is 0. The van der Waals surface area contributed by atoms with Gasteiger partial charge in [-0.05, 0) is 42.6 Å². The zero-order valence-electron chi connectivity index (χ0n) is 10.7. The van der Waals surface area contributed by atoms with Crippen LogP contribution in [0.2, 0.25) is 5.22 Å². The van der Waals surface area contributed by atoms with Gasteiger partial charge in [-0.3, -0.25) is 4.68 Å². The smallest absolute Gasteiger partial charge is 0.197 e. The van der Waals surface area contributed by atoms with Crippen LogP contribution in [0.25, 0.3) is 0 Å². The van der Waals surface area contributed by atoms with Crippen molar-refractivity contribution in [2.75, 3.05) is 6.54 Å². The van der Waals surface area contributed by atoms with Crippen LogP contribution in [-0.2, 0) is 13.5 Å². The molecule has 1 unspecified atom stereocenters. The van der Waals surface area contributed by atoms with Gasteiger partial charge in [0.1, 0.15) is 0 Å². The summed E-state index contributed by atoms with van der Waals surface area (Å²) >= 11 is 6.06. The lowest BCUT2D eigenvalue weighted by atomic mass is 10.0. The second kappa shape index (κ2) is 6.07. The molecular weight excluding hydrogens is 250 g/mol. The van der Waals surface area contributed by atoms with Crippen molar-refractivity contribution in [1.29, 1.82) is 0 Å². The Balaban J connectivity index is 2.12. The van der Waals surface area contributed by atoms with Crippen LogP contribution in [0.3, 0.4) is 0 Å². The number of nitrogens with one attached hydrogen (secondary N) is 1. The van der Waals surface area contributed by atoms with Crippen molar-refractivity contribution in [3.8, 4) is 0 Å². The summed E-state index contributed by atoms with van der Waals surface area (Å²) in [5, 5.41) is 8.14. The van der Waals surface area contributed by atoms with E-state index >= 15 is 0 Å². The normalized spacial score (nSPS) is 12.8. The van der Waals surface area contributed by atoms with Gasteiger partial charge in [0, 0.05) is 24.8 Å². The molecule has 4 nitrogen and oxygen atoms in total. The monoisotopic (exact) mass is 267 g/mol. The highest BCUT2D eigenvalue weighted by molar-refractivity contribution is 6.29. The van der Waals surface area contributed by atoms with Crippen LogP contribution in [0.15, 0.2) is 29.1 Å². The van der Waals surface area contributed by atoms with Crippen molar-refractivity contribution >= 4 is 11.6 Å². The molecule has 2 rings (SSSR count). The second-order valence-corrected chi connectivity index (χ2v) is 4.73. The quantitative estimate of drug-likeness (QED) is 0.875. The lowest BCUT2D eigenvalue weighted by Gasteiger charge is -2.16. The lowest BCUT2D eigenvalue weighted by molar-refractivity contribution is 0.513. The number of aryl methyl sites for hydroxylation is 1. The van der Waals surface area contributed by atoms with E-state index in [4.69, 9.17) is 16.0 Å². The van der Waals surface area contributed by atoms with Crippen molar-refractivity contribution in [2.24, 2.45) is 7.05 Å². The Morgan fingerprint density at radius 2 is 2.39 bits per heavy atom. The molecule has 0 fully saturated rings. The number of hydrogen-bond donors (Lipinski definition) is 1. The molecule has 1 atom stereocenters. The van der Waals surface area contributed by atoms with E-state index in [-0.39, 0.29) is 6.04 Å². The SMILES string of the molecule is CCCNC(Cc1cnn(C)c1)c1ccoc1Cl. The minimum Gasteiger partial charge on any atom is -0.453 e. The molecule has 2 aromatic heterocycles. The summed E-state index contributed by atoms with van der Waals surface area (Å²) in [5.41, 5.74) is 2.19. The number of halogens is 1. The summed E-state index contributed by atoms with van der Waals surface area (Å²) in [4.78, 5) is 0. The Bertz CT molecular complexity index is 492. The molecule has 0 saturated carbocycles. The highest BCUT2D eigenvalue weighted by Gasteiger charge is 2.17. The summed E-state index contributed by atoms with van der Waals surface area (Å²) < 4.78 is 6.98. The lowest BCUT2D eigenvalue weighted by Crippen LogP contribution is -2.23. The van der Waals surface area contributed by atoms with E-state index < -0.39 is 0 Å². The first kappa shape index (κ1) is 13.2. The molecule has 5 heteroatoms. The Morgan fingerprint density at radius 1 is 1.56 bits per heavy atom. The van der Waals surface area contributed by atoms with Crippen LogP contribution < -0.4 is 5.32 Å². The van der Waals surface area contributed by atoms with Gasteiger partial charge < -0.3 is 9.73 Å². The van der Waals surface area contributed by atoms with E-state index in [1.807, 2.05) is 30.2 Å². The van der Waals surface area contributed by atoms with Crippen molar-refractivity contribution in [2.45, 2.75) is 25.8 Å². The fraction of sp³-hybridized carbons (Fsp3) is 0.462. The molecule has 0 aliphatic carbocycles.